The van der Waals surface area contributed by atoms with Gasteiger partial charge in [-0.15, -0.1) is 0 Å². The van der Waals surface area contributed by atoms with E-state index in [1.54, 1.807) is 5.56 Å². The second kappa shape index (κ2) is 3.71. The Bertz CT molecular complexity index is 612. The van der Waals surface area contributed by atoms with E-state index in [4.69, 9.17) is 0 Å². The first-order valence-electron chi connectivity index (χ1n) is 6.70. The van der Waals surface area contributed by atoms with Crippen LogP contribution in [0.3, 0.4) is 0 Å². The average Bonchev–Trinajstić information content (AvgIpc) is 2.64. The molecule has 0 saturated heterocycles. The fourth-order valence-electron chi connectivity index (χ4n) is 3.37. The molecule has 0 saturated carbocycles. The van der Waals surface area contributed by atoms with Gasteiger partial charge < -0.3 is 0 Å². The van der Waals surface area contributed by atoms with Crippen molar-refractivity contribution in [1.29, 1.82) is 0 Å². The summed E-state index contributed by atoms with van der Waals surface area (Å²) in [6, 6.07) is 13.4. The van der Waals surface area contributed by atoms with E-state index in [1.807, 2.05) is 0 Å². The molecular weight excluding hydrogens is 216 g/mol. The Morgan fingerprint density at radius 1 is 0.889 bits per heavy atom. The molecule has 0 amide bonds. The van der Waals surface area contributed by atoms with Gasteiger partial charge in [0.15, 0.2) is 0 Å². The highest BCUT2D eigenvalue weighted by Crippen LogP contribution is 2.42. The van der Waals surface area contributed by atoms with Crippen LogP contribution in [0.5, 0.6) is 0 Å². The largest absolute Gasteiger partial charge is 0.0619 e. The zero-order valence-corrected chi connectivity index (χ0v) is 11.7. The van der Waals surface area contributed by atoms with Crippen LogP contribution in [0.2, 0.25) is 0 Å². The van der Waals surface area contributed by atoms with Crippen molar-refractivity contribution in [3.05, 3.63) is 58.7 Å². The van der Waals surface area contributed by atoms with Crippen LogP contribution in [-0.4, -0.2) is 0 Å². The van der Waals surface area contributed by atoms with Gasteiger partial charge in [-0.3, -0.25) is 0 Å². The summed E-state index contributed by atoms with van der Waals surface area (Å²) in [5.41, 5.74) is 9.08. The van der Waals surface area contributed by atoms with Gasteiger partial charge in [-0.2, -0.15) is 0 Å². The zero-order chi connectivity index (χ0) is 12.9. The second-order valence-electron chi connectivity index (χ2n) is 6.37. The second-order valence-corrected chi connectivity index (χ2v) is 6.37. The molecule has 0 spiro atoms. The van der Waals surface area contributed by atoms with E-state index in [0.29, 0.717) is 0 Å². The summed E-state index contributed by atoms with van der Waals surface area (Å²) >= 11 is 0. The molecule has 0 fully saturated rings. The van der Waals surface area contributed by atoms with Crippen LogP contribution in [0, 0.1) is 6.92 Å². The van der Waals surface area contributed by atoms with Gasteiger partial charge in [0.1, 0.15) is 0 Å². The smallest absolute Gasteiger partial charge is 0.00104 e. The Balaban J connectivity index is 2.29. The third-order valence-corrected chi connectivity index (χ3v) is 3.95. The molecule has 0 radical (unpaired) electrons. The predicted octanol–water partition coefficient (Wildman–Crippen LogP) is 4.86. The van der Waals surface area contributed by atoms with E-state index >= 15 is 0 Å². The quantitative estimate of drug-likeness (QED) is 0.522. The van der Waals surface area contributed by atoms with Gasteiger partial charge >= 0.3 is 0 Å². The summed E-state index contributed by atoms with van der Waals surface area (Å²) in [5.74, 6) is 0. The minimum Gasteiger partial charge on any atom is -0.0619 e. The van der Waals surface area contributed by atoms with Crippen LogP contribution in [0.15, 0.2) is 36.4 Å². The monoisotopic (exact) mass is 236 g/mol. The molecular formula is C18H20. The van der Waals surface area contributed by atoms with Crippen LogP contribution >= 0.6 is 0 Å². The van der Waals surface area contributed by atoms with Crippen LogP contribution in [0.25, 0.3) is 11.1 Å². The van der Waals surface area contributed by atoms with Crippen LogP contribution < -0.4 is 0 Å². The van der Waals surface area contributed by atoms with Crippen LogP contribution in [0.1, 0.15) is 43.0 Å². The number of hydrogen-bond acceptors (Lipinski definition) is 0. The normalized spacial score (nSPS) is 13.3. The van der Waals surface area contributed by atoms with E-state index in [9.17, 15) is 0 Å². The van der Waals surface area contributed by atoms with Gasteiger partial charge in [-0.25, -0.2) is 0 Å². The Kier molecular flexibility index (Phi) is 2.38. The Labute approximate surface area is 110 Å². The fourth-order valence-corrected chi connectivity index (χ4v) is 3.37. The van der Waals surface area contributed by atoms with Gasteiger partial charge in [0, 0.05) is 0 Å². The Morgan fingerprint density at radius 2 is 1.61 bits per heavy atom. The average molecular weight is 236 g/mol. The van der Waals surface area contributed by atoms with Gasteiger partial charge in [-0.05, 0) is 52.1 Å². The van der Waals surface area contributed by atoms with Gasteiger partial charge in [0.05, 0.1) is 0 Å². The van der Waals surface area contributed by atoms with Crippen molar-refractivity contribution < 1.29 is 0 Å². The van der Waals surface area contributed by atoms with Crippen LogP contribution in [0.4, 0.5) is 0 Å². The molecule has 0 atom stereocenters. The fraction of sp³-hybridized carbons (Fsp3) is 0.333. The lowest BCUT2D eigenvalue weighted by Gasteiger charge is -2.25. The maximum absolute atomic E-state index is 2.32. The van der Waals surface area contributed by atoms with E-state index in [1.165, 1.54) is 27.8 Å². The standard InChI is InChI=1S/C18H20/c1-12-9-10-15-14-8-6-5-7-13(14)11-16(15)17(12)18(2,3)4/h5-10H,11H2,1-4H3. The minimum atomic E-state index is 0.220. The molecule has 0 nitrogen and oxygen atoms in total. The topological polar surface area (TPSA) is 0 Å². The molecule has 92 valence electrons. The molecule has 0 heterocycles. The minimum absolute atomic E-state index is 0.220. The molecule has 0 heteroatoms. The molecule has 0 aliphatic heterocycles. The predicted molar refractivity (Wildman–Crippen MR) is 78.1 cm³/mol. The van der Waals surface area contributed by atoms with Crippen molar-refractivity contribution in [2.75, 3.05) is 0 Å². The van der Waals surface area contributed by atoms with E-state index < -0.39 is 0 Å². The van der Waals surface area contributed by atoms with E-state index in [-0.39, 0.29) is 5.41 Å². The molecule has 0 unspecified atom stereocenters. The van der Waals surface area contributed by atoms with E-state index in [2.05, 4.69) is 64.1 Å². The molecule has 3 rings (SSSR count). The van der Waals surface area contributed by atoms with Gasteiger partial charge in [0.2, 0.25) is 0 Å². The molecule has 0 N–H and O–H groups in total. The van der Waals surface area contributed by atoms with Crippen molar-refractivity contribution in [1.82, 2.24) is 0 Å². The zero-order valence-electron chi connectivity index (χ0n) is 11.7. The molecule has 0 aromatic heterocycles. The summed E-state index contributed by atoms with van der Waals surface area (Å²) in [5, 5.41) is 0. The highest BCUT2D eigenvalue weighted by molar-refractivity contribution is 5.79. The summed E-state index contributed by atoms with van der Waals surface area (Å²) in [6.07, 6.45) is 1.10. The number of fused-ring (bicyclic) bond motifs is 3. The van der Waals surface area contributed by atoms with Crippen molar-refractivity contribution in [2.45, 2.75) is 39.5 Å². The third-order valence-electron chi connectivity index (χ3n) is 3.95. The molecule has 2 aromatic carbocycles. The lowest BCUT2D eigenvalue weighted by molar-refractivity contribution is 0.581. The molecule has 18 heavy (non-hydrogen) atoms. The number of aryl methyl sites for hydroxylation is 1. The lowest BCUT2D eigenvalue weighted by Crippen LogP contribution is -2.16. The van der Waals surface area contributed by atoms with Crippen molar-refractivity contribution in [2.24, 2.45) is 0 Å². The third kappa shape index (κ3) is 1.59. The number of benzene rings is 2. The van der Waals surface area contributed by atoms with Gasteiger partial charge in [-0.1, -0.05) is 57.2 Å². The van der Waals surface area contributed by atoms with Gasteiger partial charge in [0.25, 0.3) is 0 Å². The Hall–Kier alpha value is -1.56. The maximum Gasteiger partial charge on any atom is -0.00104 e. The highest BCUT2D eigenvalue weighted by Gasteiger charge is 2.27. The highest BCUT2D eigenvalue weighted by atomic mass is 14.3. The van der Waals surface area contributed by atoms with Crippen molar-refractivity contribution in [3.63, 3.8) is 0 Å². The first-order valence-corrected chi connectivity index (χ1v) is 6.70. The molecule has 1 aliphatic rings. The lowest BCUT2D eigenvalue weighted by atomic mass is 9.79. The van der Waals surface area contributed by atoms with Crippen LogP contribution in [-0.2, 0) is 11.8 Å². The van der Waals surface area contributed by atoms with Crippen molar-refractivity contribution in [3.8, 4) is 11.1 Å². The number of rotatable bonds is 0. The summed E-state index contributed by atoms with van der Waals surface area (Å²) in [6.45, 7) is 9.19. The van der Waals surface area contributed by atoms with Crippen molar-refractivity contribution >= 4 is 0 Å². The summed E-state index contributed by atoms with van der Waals surface area (Å²) in [4.78, 5) is 0. The summed E-state index contributed by atoms with van der Waals surface area (Å²) < 4.78 is 0. The first kappa shape index (κ1) is 11.5. The molecule has 0 bridgehead atoms. The number of hydrogen-bond donors (Lipinski definition) is 0. The first-order chi connectivity index (χ1) is 8.48. The SMILES string of the molecule is Cc1ccc2c(c1C(C)(C)C)Cc1ccccc1-2. The maximum atomic E-state index is 2.32. The molecule has 1 aliphatic carbocycles. The summed E-state index contributed by atoms with van der Waals surface area (Å²) in [7, 11) is 0. The molecule has 2 aromatic rings. The Morgan fingerprint density at radius 3 is 2.33 bits per heavy atom. The van der Waals surface area contributed by atoms with E-state index in [0.717, 1.165) is 6.42 Å².